The Kier molecular flexibility index (Phi) is 33.3. The number of aromatic nitrogens is 1. The number of hydrogen-bond donors (Lipinski definition) is 12. The van der Waals surface area contributed by atoms with Gasteiger partial charge in [0.25, 0.3) is 6.47 Å². The van der Waals surface area contributed by atoms with E-state index in [1.165, 1.54) is 13.8 Å². The molecule has 28 nitrogen and oxygen atoms in total. The van der Waals surface area contributed by atoms with E-state index in [1.54, 1.807) is 56.1 Å². The number of carbonyl (C=O) groups is 11. The van der Waals surface area contributed by atoms with Crippen LogP contribution in [0.15, 0.2) is 103 Å². The minimum Gasteiger partial charge on any atom is -0.480 e. The summed E-state index contributed by atoms with van der Waals surface area (Å²) < 4.78 is 5.11. The summed E-state index contributed by atoms with van der Waals surface area (Å²) in [4.78, 5) is 165. The first-order valence-corrected chi connectivity index (χ1v) is 37.0. The average molecular weight is 1450 g/mol. The van der Waals surface area contributed by atoms with E-state index in [0.717, 1.165) is 43.3 Å². The highest BCUT2D eigenvalue weighted by Crippen LogP contribution is 2.30. The van der Waals surface area contributed by atoms with E-state index < -0.39 is 138 Å². The Bertz CT molecular complexity index is 3620. The van der Waals surface area contributed by atoms with Gasteiger partial charge in [-0.2, -0.15) is 0 Å². The van der Waals surface area contributed by atoms with Crippen molar-refractivity contribution in [2.75, 3.05) is 103 Å². The third kappa shape index (κ3) is 26.0. The molecule has 2 aliphatic heterocycles. The number of H-pyrrole nitrogens is 1. The minimum atomic E-state index is -1.63. The predicted molar refractivity (Wildman–Crippen MR) is 385 cm³/mol. The van der Waals surface area contributed by atoms with Gasteiger partial charge in [0.05, 0.1) is 56.5 Å². The number of fused-ring (bicyclic) bond motifs is 2. The number of amides is 5. The van der Waals surface area contributed by atoms with Gasteiger partial charge in [-0.25, -0.2) is 0 Å². The van der Waals surface area contributed by atoms with Gasteiger partial charge in [-0.15, -0.1) is 0 Å². The number of aliphatic carboxylic acids is 2. The molecule has 5 amide bonds. The van der Waals surface area contributed by atoms with Crippen LogP contribution in [0.2, 0.25) is 0 Å². The Labute approximate surface area is 600 Å². The molecule has 7 rings (SSSR count). The summed E-state index contributed by atoms with van der Waals surface area (Å²) >= 11 is 0. The number of carbonyl (C=O) groups excluding carboxylic acids is 9. The number of carboxylic acids is 2. The normalized spacial score (nSPS) is 21.9. The highest BCUT2D eigenvalue weighted by molar-refractivity contribution is 8.76. The maximum absolute atomic E-state index is 15.7. The number of nitrogens with zero attached hydrogens (tertiary/aromatic N) is 4. The predicted octanol–water partition coefficient (Wildman–Crippen LogP) is 1.30. The molecule has 3 heterocycles. The molecule has 0 bridgehead atoms. The second-order valence-corrected chi connectivity index (χ2v) is 28.8. The van der Waals surface area contributed by atoms with Gasteiger partial charge in [-0.1, -0.05) is 113 Å². The maximum Gasteiger partial charge on any atom is 0.317 e. The van der Waals surface area contributed by atoms with Crippen molar-refractivity contribution in [3.63, 3.8) is 0 Å². The number of aromatic amines is 1. The third-order valence-corrected chi connectivity index (χ3v) is 20.9. The van der Waals surface area contributed by atoms with Crippen molar-refractivity contribution in [1.82, 2.24) is 51.2 Å². The number of benzene rings is 4. The summed E-state index contributed by atoms with van der Waals surface area (Å²) in [6.45, 7) is 3.01. The number of ether oxygens (including phenoxy) is 1. The van der Waals surface area contributed by atoms with Gasteiger partial charge in [-0.3, -0.25) is 72.3 Å². The number of nitrogens with one attached hydrogen (secondary N) is 6. The van der Waals surface area contributed by atoms with Gasteiger partial charge in [0.1, 0.15) is 30.6 Å². The van der Waals surface area contributed by atoms with Crippen LogP contribution in [0.3, 0.4) is 0 Å². The summed E-state index contributed by atoms with van der Waals surface area (Å²) in [5, 5.41) is 67.8. The minimum absolute atomic E-state index is 0.00154. The number of Topliss-reactive ketones (excluding diaryl/α,β-unsaturated/α-hetero) is 3. The van der Waals surface area contributed by atoms with Crippen LogP contribution in [0, 0.1) is 17.8 Å². The first-order valence-electron chi connectivity index (χ1n) is 34.5. The molecule has 2 fully saturated rings. The molecule has 0 spiro atoms. The highest BCUT2D eigenvalue weighted by Gasteiger charge is 2.38. The number of aliphatic hydroxyl groups is 3. The summed E-state index contributed by atoms with van der Waals surface area (Å²) in [5.74, 6) is -11.9. The Morgan fingerprint density at radius 2 is 1.26 bits per heavy atom. The Morgan fingerprint density at radius 3 is 1.90 bits per heavy atom. The molecule has 13 N–H and O–H groups in total. The molecule has 2 aliphatic rings. The monoisotopic (exact) mass is 1450 g/mol. The van der Waals surface area contributed by atoms with Crippen LogP contribution in [0.5, 0.6) is 0 Å². The van der Waals surface area contributed by atoms with Gasteiger partial charge in [-0.05, 0) is 86.0 Å². The Morgan fingerprint density at radius 1 is 0.667 bits per heavy atom. The van der Waals surface area contributed by atoms with Gasteiger partial charge >= 0.3 is 11.9 Å². The van der Waals surface area contributed by atoms with E-state index in [-0.39, 0.29) is 135 Å². The van der Waals surface area contributed by atoms with E-state index in [9.17, 15) is 59.1 Å². The van der Waals surface area contributed by atoms with Crippen LogP contribution in [0.1, 0.15) is 69.1 Å². The Balaban J connectivity index is 1.28. The van der Waals surface area contributed by atoms with E-state index in [2.05, 4.69) is 31.6 Å². The fourth-order valence-electron chi connectivity index (χ4n) is 12.6. The largest absolute Gasteiger partial charge is 0.480 e. The number of aliphatic hydroxyl groups excluding tert-OH is 3. The molecule has 102 heavy (non-hydrogen) atoms. The zero-order chi connectivity index (χ0) is 73.7. The number of carboxylic acid groups (broad SMARTS) is 2. The van der Waals surface area contributed by atoms with Crippen LogP contribution >= 0.6 is 21.6 Å². The number of rotatable bonds is 28. The van der Waals surface area contributed by atoms with Gasteiger partial charge < -0.3 is 67.6 Å². The molecule has 10 atom stereocenters. The SMILES string of the molecule is C[C@@H](O)[C@@H]1NC(=O)[C@H](CCCCN)NC(=O)C(Cc2c[nH]c3ccccc23)NC(=O)[C@H](Cc2cccc3ccccc23)CC(=O)C(NC(=O)[C@H](CC(=O)CN2CCN(COC=O)CCN(CC(=O)O)CCN(CC(=O)O)CC2)Cc2ccccc2)CSSCC(C(=O)N[C@H](CO)[C@@H](C)O)CC1=O. The number of unbranched alkanes of at least 4 members (excludes halogenated alkanes) is 1. The van der Waals surface area contributed by atoms with Crippen molar-refractivity contribution < 1.29 is 83.0 Å². The molecule has 3 unspecified atom stereocenters. The van der Waals surface area contributed by atoms with E-state index in [1.807, 2.05) is 66.7 Å². The average Bonchev–Trinajstić information content (AvgIpc) is 1.41. The lowest BCUT2D eigenvalue weighted by Crippen LogP contribution is -2.58. The molecular weight excluding hydrogens is 1350 g/mol. The van der Waals surface area contributed by atoms with Crippen LogP contribution in [0.25, 0.3) is 21.7 Å². The summed E-state index contributed by atoms with van der Waals surface area (Å²) in [5.41, 5.74) is 8.59. The van der Waals surface area contributed by atoms with Crippen molar-refractivity contribution in [3.05, 3.63) is 120 Å². The smallest absolute Gasteiger partial charge is 0.317 e. The van der Waals surface area contributed by atoms with Gasteiger partial charge in [0, 0.05) is 118 Å². The van der Waals surface area contributed by atoms with Crippen molar-refractivity contribution >= 4 is 109 Å². The van der Waals surface area contributed by atoms with Crippen molar-refractivity contribution in [2.45, 2.75) is 114 Å². The fourth-order valence-corrected chi connectivity index (χ4v) is 15.1. The number of hydrogen-bond acceptors (Lipinski definition) is 22. The number of para-hydroxylation sites is 1. The maximum atomic E-state index is 15.7. The van der Waals surface area contributed by atoms with Crippen molar-refractivity contribution in [2.24, 2.45) is 23.5 Å². The van der Waals surface area contributed by atoms with Gasteiger partial charge in [0.2, 0.25) is 29.5 Å². The zero-order valence-electron chi connectivity index (χ0n) is 57.7. The topological polar surface area (TPSA) is 413 Å². The van der Waals surface area contributed by atoms with Crippen LogP contribution in [-0.2, 0) is 76.7 Å². The van der Waals surface area contributed by atoms with Crippen LogP contribution in [-0.4, -0.2) is 261 Å². The van der Waals surface area contributed by atoms with Crippen molar-refractivity contribution in [1.29, 1.82) is 0 Å². The van der Waals surface area contributed by atoms with E-state index >= 15 is 19.2 Å². The standard InChI is InChI=1S/C72H97N11O17S2/c1-46(86)61(41-84)77-70(97)54-36-64(90)67(47(2)87)79-71(98)59(21-10-11-22-73)75-72(99)60(34-53-37-74-58-20-9-8-19-57(53)58)76-69(96)52(32-50-17-12-16-49-15-6-7-18-56(49)50)35-63(89)62(43-102-101-42-54)78-68(95)51(31-48-13-4-3-5-14-48)33-55(88)38-80-23-24-81(39-65(91)92)25-26-82(40-66(93)94)28-30-83(29-27-80)44-100-45-85/h3-9,12-20,37,45-47,51-52,54,59-62,67,74,84,86-87H,10-11,21-36,38-44,73H2,1-2H3,(H,75,99)(H,76,96)(H,77,97)(H,78,95)(H,79,98)(H,91,92)(H,93,94)/t46-,47-,51+,52-,54?,59+,60?,61-,62?,67+/m1/s1. The van der Waals surface area contributed by atoms with Crippen molar-refractivity contribution in [3.8, 4) is 0 Å². The lowest BCUT2D eigenvalue weighted by atomic mass is 9.88. The first kappa shape index (κ1) is 81.1. The quantitative estimate of drug-likeness (QED) is 0.0191. The summed E-state index contributed by atoms with van der Waals surface area (Å²) in [6.07, 6.45) is -1.99. The molecule has 0 saturated carbocycles. The van der Waals surface area contributed by atoms with E-state index in [4.69, 9.17) is 10.5 Å². The molecule has 30 heteroatoms. The molecule has 4 aromatic carbocycles. The molecule has 1 aromatic heterocycles. The lowest BCUT2D eigenvalue weighted by molar-refractivity contribution is -0.140. The Hall–Kier alpha value is -8.17. The second kappa shape index (κ2) is 41.8. The van der Waals surface area contributed by atoms with Gasteiger partial charge in [0.15, 0.2) is 11.6 Å². The summed E-state index contributed by atoms with van der Waals surface area (Å²) in [7, 11) is 2.09. The lowest BCUT2D eigenvalue weighted by Gasteiger charge is -2.33. The highest BCUT2D eigenvalue weighted by atomic mass is 33.1. The first-order chi connectivity index (χ1) is 49.0. The zero-order valence-corrected chi connectivity index (χ0v) is 59.3. The fraction of sp³-hybridized carbons (Fsp3) is 0.514. The molecular formula is C72H97N11O17S2. The third-order valence-electron chi connectivity index (χ3n) is 18.4. The van der Waals surface area contributed by atoms with E-state index in [0.29, 0.717) is 29.5 Å². The molecule has 5 aromatic rings. The number of ketones is 3. The van der Waals surface area contributed by atoms with Crippen LogP contribution in [0.4, 0.5) is 0 Å². The molecule has 2 saturated heterocycles. The van der Waals surface area contributed by atoms with Crippen LogP contribution < -0.4 is 32.3 Å². The molecule has 0 radical (unpaired) electrons. The second-order valence-electron chi connectivity index (χ2n) is 26.2. The summed E-state index contributed by atoms with van der Waals surface area (Å²) in [6, 6.07) is 22.2. The molecule has 0 aliphatic carbocycles. The number of nitrogens with two attached hydrogens (primary N) is 1. The molecule has 554 valence electrons.